The molecule has 0 aliphatic rings. The summed E-state index contributed by atoms with van der Waals surface area (Å²) >= 11 is 0. The maximum Gasteiger partial charge on any atom is 0.335 e. The van der Waals surface area contributed by atoms with Crippen molar-refractivity contribution < 1.29 is 24.9 Å². The van der Waals surface area contributed by atoms with Gasteiger partial charge in [-0.05, 0) is 68.3 Å². The number of nitrogens with zero attached hydrogens (tertiary/aromatic N) is 2. The first-order valence-electron chi connectivity index (χ1n) is 11.2. The van der Waals surface area contributed by atoms with Crippen molar-refractivity contribution in [2.45, 2.75) is 38.5 Å². The van der Waals surface area contributed by atoms with Gasteiger partial charge in [0.1, 0.15) is 30.6 Å². The van der Waals surface area contributed by atoms with Crippen molar-refractivity contribution in [2.24, 2.45) is 0 Å². The van der Waals surface area contributed by atoms with Crippen LogP contribution in [0.3, 0.4) is 0 Å². The number of aliphatic hydroxyl groups excluding tert-OH is 2. The van der Waals surface area contributed by atoms with Crippen molar-refractivity contribution in [3.8, 4) is 22.9 Å². The van der Waals surface area contributed by atoms with Crippen molar-refractivity contribution >= 4 is 5.97 Å². The van der Waals surface area contributed by atoms with Crippen molar-refractivity contribution in [1.29, 1.82) is 5.26 Å². The lowest BCUT2D eigenvalue weighted by Gasteiger charge is -2.32. The van der Waals surface area contributed by atoms with E-state index in [1.54, 1.807) is 36.4 Å². The molecule has 1 aromatic heterocycles. The zero-order valence-electron chi connectivity index (χ0n) is 19.9. The lowest BCUT2D eigenvalue weighted by Crippen LogP contribution is -2.49. The topological polar surface area (TPSA) is 136 Å². The van der Waals surface area contributed by atoms with Crippen LogP contribution in [0.2, 0.25) is 0 Å². The van der Waals surface area contributed by atoms with Crippen LogP contribution in [0.4, 0.5) is 0 Å². The largest absolute Gasteiger partial charge is 0.489 e. The second-order valence-electron chi connectivity index (χ2n) is 8.88. The number of nitrogens with one attached hydrogen (secondary N) is 1. The number of rotatable bonds is 10. The number of carboxylic acids is 1. The zero-order chi connectivity index (χ0) is 25.6. The van der Waals surface area contributed by atoms with E-state index in [1.165, 1.54) is 12.1 Å². The van der Waals surface area contributed by atoms with Crippen LogP contribution in [0.25, 0.3) is 11.1 Å². The number of β-amino-alcohol motifs (C(OH)–C–C–N with tert-alkyl or cyclic N) is 1. The molecule has 8 heteroatoms. The Kier molecular flexibility index (Phi) is 8.20. The summed E-state index contributed by atoms with van der Waals surface area (Å²) in [6.45, 7) is 5.57. The van der Waals surface area contributed by atoms with E-state index in [4.69, 9.17) is 9.84 Å². The standard InChI is InChI=1S/C27H29N3O5/c1-17-5-4-6-23(30-17)25(32)27(2,3)29-15-22(31)16-35-24-13-20(11-12-21(24)14-28)18-7-9-19(10-8-18)26(33)34/h4-13,22,25,29,31-32H,15-16H2,1-3H3,(H,33,34)/t22-,25?/m1/s1. The van der Waals surface area contributed by atoms with Gasteiger partial charge in [-0.15, -0.1) is 0 Å². The molecule has 0 saturated carbocycles. The van der Waals surface area contributed by atoms with Crippen LogP contribution >= 0.6 is 0 Å². The van der Waals surface area contributed by atoms with Crippen LogP contribution in [-0.4, -0.2) is 51.1 Å². The lowest BCUT2D eigenvalue weighted by molar-refractivity contribution is 0.0528. The molecule has 0 spiro atoms. The van der Waals surface area contributed by atoms with Gasteiger partial charge in [0.2, 0.25) is 0 Å². The predicted molar refractivity (Wildman–Crippen MR) is 131 cm³/mol. The molecule has 1 heterocycles. The number of pyridine rings is 1. The minimum Gasteiger partial charge on any atom is -0.489 e. The first-order chi connectivity index (χ1) is 16.6. The summed E-state index contributed by atoms with van der Waals surface area (Å²) in [7, 11) is 0. The number of hydrogen-bond donors (Lipinski definition) is 4. The SMILES string of the molecule is Cc1cccc(C(O)C(C)(C)NC[C@@H](O)COc2cc(-c3ccc(C(=O)O)cc3)ccc2C#N)n1. The number of aliphatic hydroxyl groups is 2. The van der Waals surface area contributed by atoms with Crippen LogP contribution < -0.4 is 10.1 Å². The fraction of sp³-hybridized carbons (Fsp3) is 0.296. The molecule has 2 aromatic carbocycles. The van der Waals surface area contributed by atoms with Gasteiger partial charge in [0.25, 0.3) is 0 Å². The molecule has 182 valence electrons. The quantitative estimate of drug-likeness (QED) is 0.350. The number of ether oxygens (including phenoxy) is 1. The van der Waals surface area contributed by atoms with E-state index in [1.807, 2.05) is 32.9 Å². The highest BCUT2D eigenvalue weighted by Gasteiger charge is 2.30. The summed E-state index contributed by atoms with van der Waals surface area (Å²) in [4.78, 5) is 15.4. The number of carboxylic acid groups (broad SMARTS) is 1. The summed E-state index contributed by atoms with van der Waals surface area (Å²) in [5.74, 6) is -0.691. The Bertz CT molecular complexity index is 1220. The maximum atomic E-state index is 11.1. The number of carbonyl (C=O) groups is 1. The molecule has 0 saturated heterocycles. The van der Waals surface area contributed by atoms with E-state index < -0.39 is 23.7 Å². The highest BCUT2D eigenvalue weighted by atomic mass is 16.5. The molecule has 0 radical (unpaired) electrons. The van der Waals surface area contributed by atoms with E-state index in [0.717, 1.165) is 16.8 Å². The van der Waals surface area contributed by atoms with Crippen molar-refractivity contribution in [1.82, 2.24) is 10.3 Å². The minimum absolute atomic E-state index is 0.0715. The molecule has 8 nitrogen and oxygen atoms in total. The Balaban J connectivity index is 1.63. The van der Waals surface area contributed by atoms with E-state index >= 15 is 0 Å². The number of benzene rings is 2. The molecule has 0 bridgehead atoms. The molecule has 0 amide bonds. The highest BCUT2D eigenvalue weighted by Crippen LogP contribution is 2.28. The van der Waals surface area contributed by atoms with Gasteiger partial charge in [-0.25, -0.2) is 4.79 Å². The number of aromatic carboxylic acids is 1. The number of aromatic nitrogens is 1. The minimum atomic E-state index is -1.01. The van der Waals surface area contributed by atoms with Gasteiger partial charge in [-0.3, -0.25) is 4.98 Å². The monoisotopic (exact) mass is 475 g/mol. The molecular weight excluding hydrogens is 446 g/mol. The molecule has 2 atom stereocenters. The first-order valence-corrected chi connectivity index (χ1v) is 11.2. The van der Waals surface area contributed by atoms with Gasteiger partial charge in [-0.2, -0.15) is 5.26 Å². The average molecular weight is 476 g/mol. The van der Waals surface area contributed by atoms with Crippen LogP contribution in [0.15, 0.2) is 60.7 Å². The van der Waals surface area contributed by atoms with Crippen LogP contribution in [0.5, 0.6) is 5.75 Å². The molecule has 0 aliphatic carbocycles. The van der Waals surface area contributed by atoms with Gasteiger partial charge in [0.15, 0.2) is 0 Å². The number of aryl methyl sites for hydroxylation is 1. The predicted octanol–water partition coefficient (Wildman–Crippen LogP) is 3.47. The molecule has 0 fully saturated rings. The van der Waals surface area contributed by atoms with Crippen LogP contribution in [0, 0.1) is 18.3 Å². The van der Waals surface area contributed by atoms with Gasteiger partial charge in [0.05, 0.1) is 16.8 Å². The van der Waals surface area contributed by atoms with Crippen molar-refractivity contribution in [2.75, 3.05) is 13.2 Å². The number of hydrogen-bond acceptors (Lipinski definition) is 7. The molecule has 4 N–H and O–H groups in total. The molecule has 0 aliphatic heterocycles. The Morgan fingerprint density at radius 1 is 1.11 bits per heavy atom. The Morgan fingerprint density at radius 2 is 1.80 bits per heavy atom. The van der Waals surface area contributed by atoms with Gasteiger partial charge < -0.3 is 25.4 Å². The van der Waals surface area contributed by atoms with Crippen molar-refractivity contribution in [3.63, 3.8) is 0 Å². The highest BCUT2D eigenvalue weighted by molar-refractivity contribution is 5.88. The van der Waals surface area contributed by atoms with E-state index in [-0.39, 0.29) is 18.7 Å². The lowest BCUT2D eigenvalue weighted by atomic mass is 9.94. The van der Waals surface area contributed by atoms with Crippen LogP contribution in [0.1, 0.15) is 47.3 Å². The Hall–Kier alpha value is -3.77. The van der Waals surface area contributed by atoms with E-state index in [0.29, 0.717) is 17.0 Å². The van der Waals surface area contributed by atoms with Gasteiger partial charge in [0, 0.05) is 17.8 Å². The summed E-state index contributed by atoms with van der Waals surface area (Å²) in [6.07, 6.45) is -1.79. The summed E-state index contributed by atoms with van der Waals surface area (Å²) in [6, 6.07) is 19.0. The second kappa shape index (κ2) is 11.1. The third-order valence-electron chi connectivity index (χ3n) is 5.67. The van der Waals surface area contributed by atoms with E-state index in [9.17, 15) is 20.3 Å². The number of nitriles is 1. The Labute approximate surface area is 204 Å². The second-order valence-corrected chi connectivity index (χ2v) is 8.88. The molecular formula is C27H29N3O5. The average Bonchev–Trinajstić information content (AvgIpc) is 2.85. The molecule has 35 heavy (non-hydrogen) atoms. The third kappa shape index (κ3) is 6.64. The fourth-order valence-electron chi connectivity index (χ4n) is 3.53. The Morgan fingerprint density at radius 3 is 2.43 bits per heavy atom. The van der Waals surface area contributed by atoms with Crippen molar-refractivity contribution in [3.05, 3.63) is 83.2 Å². The fourth-order valence-corrected chi connectivity index (χ4v) is 3.53. The summed E-state index contributed by atoms with van der Waals surface area (Å²) in [5.41, 5.74) is 2.60. The van der Waals surface area contributed by atoms with Gasteiger partial charge >= 0.3 is 5.97 Å². The first kappa shape index (κ1) is 25.8. The maximum absolute atomic E-state index is 11.1. The van der Waals surface area contributed by atoms with Gasteiger partial charge in [-0.1, -0.05) is 24.3 Å². The summed E-state index contributed by atoms with van der Waals surface area (Å²) < 4.78 is 5.76. The molecule has 3 rings (SSSR count). The normalized spacial score (nSPS) is 13.0. The third-order valence-corrected chi connectivity index (χ3v) is 5.67. The van der Waals surface area contributed by atoms with Crippen LogP contribution in [-0.2, 0) is 0 Å². The smallest absolute Gasteiger partial charge is 0.335 e. The molecule has 1 unspecified atom stereocenters. The molecule has 3 aromatic rings. The zero-order valence-corrected chi connectivity index (χ0v) is 19.9. The van der Waals surface area contributed by atoms with E-state index in [2.05, 4.69) is 16.4 Å². The summed E-state index contributed by atoms with van der Waals surface area (Å²) in [5, 5.41) is 42.9.